The summed E-state index contributed by atoms with van der Waals surface area (Å²) in [6.07, 6.45) is 2.15. The Bertz CT molecular complexity index is 583. The van der Waals surface area contributed by atoms with Crippen molar-refractivity contribution >= 4 is 5.91 Å². The predicted molar refractivity (Wildman–Crippen MR) is 94.6 cm³/mol. The highest BCUT2D eigenvalue weighted by atomic mass is 16.5. The fraction of sp³-hybridized carbons (Fsp3) is 0.778. The first kappa shape index (κ1) is 18.4. The Morgan fingerprint density at radius 1 is 1.32 bits per heavy atom. The highest BCUT2D eigenvalue weighted by Crippen LogP contribution is 2.25. The van der Waals surface area contributed by atoms with Crippen LogP contribution in [0.25, 0.3) is 0 Å². The Morgan fingerprint density at radius 2 is 2.08 bits per heavy atom. The topological polar surface area (TPSA) is 81.7 Å². The zero-order chi connectivity index (χ0) is 17.9. The summed E-state index contributed by atoms with van der Waals surface area (Å²) in [5.74, 6) is 0.274. The third-order valence-electron chi connectivity index (χ3n) is 5.26. The molecule has 1 aromatic rings. The van der Waals surface area contributed by atoms with Crippen molar-refractivity contribution in [3.8, 4) is 0 Å². The minimum Gasteiger partial charge on any atom is -0.388 e. The maximum absolute atomic E-state index is 12.7. The average molecular weight is 350 g/mol. The fourth-order valence-corrected chi connectivity index (χ4v) is 3.62. The van der Waals surface area contributed by atoms with Gasteiger partial charge in [0.05, 0.1) is 18.8 Å². The predicted octanol–water partition coefficient (Wildman–Crippen LogP) is 1.22. The normalized spacial score (nSPS) is 26.0. The number of ether oxygens (including phenoxy) is 1. The summed E-state index contributed by atoms with van der Waals surface area (Å²) in [5.41, 5.74) is 0.727. The van der Waals surface area contributed by atoms with Crippen molar-refractivity contribution in [1.29, 1.82) is 0 Å². The smallest absolute Gasteiger partial charge is 0.274 e. The standard InChI is InChI=1S/C18H30N4O3/c1-14(2)15-12-16(20-19-15)17(23)22-6-3-4-18(24,5-7-22)13-21-8-10-25-11-9-21/h12,14,24H,3-11,13H2,1-2H3,(H,19,20)/t18-/m1/s1. The monoisotopic (exact) mass is 350 g/mol. The SMILES string of the molecule is CC(C)c1cc(C(=O)N2CCC[C@](O)(CN3CCOCC3)CC2)n[nH]1. The fourth-order valence-electron chi connectivity index (χ4n) is 3.62. The summed E-state index contributed by atoms with van der Waals surface area (Å²) >= 11 is 0. The number of likely N-dealkylation sites (tertiary alicyclic amines) is 1. The zero-order valence-corrected chi connectivity index (χ0v) is 15.3. The van der Waals surface area contributed by atoms with E-state index in [0.717, 1.165) is 44.8 Å². The molecule has 3 heterocycles. The van der Waals surface area contributed by atoms with E-state index in [9.17, 15) is 9.90 Å². The van der Waals surface area contributed by atoms with Crippen molar-refractivity contribution in [1.82, 2.24) is 20.0 Å². The number of nitrogens with zero attached hydrogens (tertiary/aromatic N) is 3. The molecule has 25 heavy (non-hydrogen) atoms. The van der Waals surface area contributed by atoms with E-state index in [2.05, 4.69) is 28.9 Å². The quantitative estimate of drug-likeness (QED) is 0.853. The van der Waals surface area contributed by atoms with E-state index in [1.807, 2.05) is 11.0 Å². The Kier molecular flexibility index (Phi) is 5.76. The van der Waals surface area contributed by atoms with Crippen LogP contribution in [0, 0.1) is 0 Å². The lowest BCUT2D eigenvalue weighted by molar-refractivity contribution is -0.0389. The van der Waals surface area contributed by atoms with Crippen LogP contribution >= 0.6 is 0 Å². The van der Waals surface area contributed by atoms with Crippen LogP contribution in [-0.2, 0) is 4.74 Å². The second-order valence-corrected chi connectivity index (χ2v) is 7.62. The third kappa shape index (κ3) is 4.59. The third-order valence-corrected chi connectivity index (χ3v) is 5.26. The number of nitrogens with one attached hydrogen (secondary N) is 1. The van der Waals surface area contributed by atoms with Crippen molar-refractivity contribution in [2.24, 2.45) is 0 Å². The lowest BCUT2D eigenvalue weighted by Gasteiger charge is -2.35. The summed E-state index contributed by atoms with van der Waals surface area (Å²) in [5, 5.41) is 18.1. The van der Waals surface area contributed by atoms with Gasteiger partial charge in [0.15, 0.2) is 0 Å². The minimum atomic E-state index is -0.721. The zero-order valence-electron chi connectivity index (χ0n) is 15.3. The number of β-amino-alcohol motifs (C(OH)–C–C–N with tert-alkyl or cyclic N) is 1. The van der Waals surface area contributed by atoms with Gasteiger partial charge in [0.2, 0.25) is 0 Å². The molecule has 2 fully saturated rings. The van der Waals surface area contributed by atoms with Gasteiger partial charge in [-0.2, -0.15) is 5.10 Å². The summed E-state index contributed by atoms with van der Waals surface area (Å²) in [4.78, 5) is 16.8. The van der Waals surface area contributed by atoms with Gasteiger partial charge in [0.25, 0.3) is 5.91 Å². The first-order valence-corrected chi connectivity index (χ1v) is 9.34. The minimum absolute atomic E-state index is 0.0428. The Balaban J connectivity index is 1.59. The molecular formula is C18H30N4O3. The number of aliphatic hydroxyl groups is 1. The molecule has 1 aromatic heterocycles. The van der Waals surface area contributed by atoms with E-state index >= 15 is 0 Å². The molecule has 2 aliphatic heterocycles. The first-order valence-electron chi connectivity index (χ1n) is 9.34. The lowest BCUT2D eigenvalue weighted by Crippen LogP contribution is -2.48. The van der Waals surface area contributed by atoms with Gasteiger partial charge < -0.3 is 14.7 Å². The summed E-state index contributed by atoms with van der Waals surface area (Å²) in [7, 11) is 0. The number of morpholine rings is 1. The van der Waals surface area contributed by atoms with Gasteiger partial charge >= 0.3 is 0 Å². The van der Waals surface area contributed by atoms with Gasteiger partial charge in [-0.05, 0) is 31.2 Å². The van der Waals surface area contributed by atoms with Gasteiger partial charge in [0, 0.05) is 38.4 Å². The van der Waals surface area contributed by atoms with E-state index in [0.29, 0.717) is 37.7 Å². The first-order chi connectivity index (χ1) is 12.0. The molecule has 0 spiro atoms. The molecule has 2 N–H and O–H groups in total. The Labute approximate surface area is 149 Å². The number of carbonyl (C=O) groups is 1. The Morgan fingerprint density at radius 3 is 2.76 bits per heavy atom. The molecule has 2 saturated heterocycles. The van der Waals surface area contributed by atoms with Crippen molar-refractivity contribution in [2.75, 3.05) is 45.9 Å². The van der Waals surface area contributed by atoms with Gasteiger partial charge in [0.1, 0.15) is 5.69 Å². The van der Waals surface area contributed by atoms with Crippen LogP contribution in [0.15, 0.2) is 6.07 Å². The molecule has 2 aliphatic rings. The second kappa shape index (κ2) is 7.85. The molecule has 1 amide bonds. The molecule has 7 nitrogen and oxygen atoms in total. The van der Waals surface area contributed by atoms with Crippen LogP contribution < -0.4 is 0 Å². The molecule has 7 heteroatoms. The van der Waals surface area contributed by atoms with Gasteiger partial charge in [-0.25, -0.2) is 0 Å². The van der Waals surface area contributed by atoms with Gasteiger partial charge in [-0.3, -0.25) is 14.8 Å². The van der Waals surface area contributed by atoms with E-state index in [1.165, 1.54) is 0 Å². The molecule has 1 atom stereocenters. The molecule has 0 saturated carbocycles. The summed E-state index contributed by atoms with van der Waals surface area (Å²) in [6, 6.07) is 1.85. The second-order valence-electron chi connectivity index (χ2n) is 7.62. The number of hydrogen-bond acceptors (Lipinski definition) is 5. The van der Waals surface area contributed by atoms with E-state index in [-0.39, 0.29) is 5.91 Å². The van der Waals surface area contributed by atoms with E-state index in [4.69, 9.17) is 4.74 Å². The van der Waals surface area contributed by atoms with Crippen LogP contribution in [0.1, 0.15) is 55.2 Å². The molecule has 0 unspecified atom stereocenters. The molecule has 0 radical (unpaired) electrons. The highest BCUT2D eigenvalue weighted by Gasteiger charge is 2.34. The van der Waals surface area contributed by atoms with Crippen LogP contribution in [0.4, 0.5) is 0 Å². The molecule has 0 aromatic carbocycles. The maximum atomic E-state index is 12.7. The number of aromatic amines is 1. The molecule has 0 bridgehead atoms. The van der Waals surface area contributed by atoms with Crippen molar-refractivity contribution in [2.45, 2.75) is 44.6 Å². The Hall–Kier alpha value is -1.44. The maximum Gasteiger partial charge on any atom is 0.274 e. The van der Waals surface area contributed by atoms with E-state index in [1.54, 1.807) is 0 Å². The number of aromatic nitrogens is 2. The van der Waals surface area contributed by atoms with Gasteiger partial charge in [-0.15, -0.1) is 0 Å². The average Bonchev–Trinajstić information content (AvgIpc) is 3.01. The van der Waals surface area contributed by atoms with Gasteiger partial charge in [-0.1, -0.05) is 13.8 Å². The van der Waals surface area contributed by atoms with Crippen molar-refractivity contribution in [3.05, 3.63) is 17.5 Å². The molecule has 0 aliphatic carbocycles. The molecule has 3 rings (SSSR count). The summed E-state index contributed by atoms with van der Waals surface area (Å²) < 4.78 is 5.38. The highest BCUT2D eigenvalue weighted by molar-refractivity contribution is 5.92. The number of hydrogen-bond donors (Lipinski definition) is 2. The molecular weight excluding hydrogens is 320 g/mol. The van der Waals surface area contributed by atoms with Crippen molar-refractivity contribution < 1.29 is 14.6 Å². The van der Waals surface area contributed by atoms with Crippen LogP contribution in [0.3, 0.4) is 0 Å². The van der Waals surface area contributed by atoms with Crippen LogP contribution in [-0.4, -0.2) is 82.5 Å². The number of rotatable bonds is 4. The largest absolute Gasteiger partial charge is 0.388 e. The number of carbonyl (C=O) groups excluding carboxylic acids is 1. The van der Waals surface area contributed by atoms with Crippen LogP contribution in [0.2, 0.25) is 0 Å². The number of H-pyrrole nitrogens is 1. The number of amides is 1. The summed E-state index contributed by atoms with van der Waals surface area (Å²) in [6.45, 7) is 9.26. The molecule has 140 valence electrons. The van der Waals surface area contributed by atoms with Crippen LogP contribution in [0.5, 0.6) is 0 Å². The van der Waals surface area contributed by atoms with Crippen molar-refractivity contribution in [3.63, 3.8) is 0 Å². The van der Waals surface area contributed by atoms with E-state index < -0.39 is 5.60 Å². The lowest BCUT2D eigenvalue weighted by atomic mass is 9.94.